The Morgan fingerprint density at radius 2 is 2.09 bits per heavy atom. The van der Waals surface area contributed by atoms with Crippen LogP contribution in [-0.2, 0) is 22.6 Å². The summed E-state index contributed by atoms with van der Waals surface area (Å²) in [5.74, 6) is 0. The van der Waals surface area contributed by atoms with Crippen molar-refractivity contribution in [2.45, 2.75) is 58.9 Å². The molecular weight excluding hydrogens is 286 g/mol. The van der Waals surface area contributed by atoms with E-state index in [0.29, 0.717) is 12.2 Å². The second kappa shape index (κ2) is 7.49. The molecular formula is C15H27N3O4. The molecule has 0 saturated heterocycles. The lowest BCUT2D eigenvalue weighted by Gasteiger charge is -2.24. The van der Waals surface area contributed by atoms with E-state index < -0.39 is 11.7 Å². The van der Waals surface area contributed by atoms with Gasteiger partial charge in [-0.1, -0.05) is 0 Å². The molecule has 22 heavy (non-hydrogen) atoms. The number of carbonyl (C=O) groups is 1. The molecule has 1 heterocycles. The molecule has 0 radical (unpaired) electrons. The van der Waals surface area contributed by atoms with Crippen molar-refractivity contribution in [1.29, 1.82) is 0 Å². The number of ether oxygens (including phenoxy) is 2. The Hall–Kier alpha value is -1.76. The second-order valence-electron chi connectivity index (χ2n) is 6.44. The molecule has 0 aliphatic rings. The van der Waals surface area contributed by atoms with Crippen LogP contribution in [0.25, 0.3) is 0 Å². The summed E-state index contributed by atoms with van der Waals surface area (Å²) in [6.07, 6.45) is 0.398. The van der Waals surface area contributed by atoms with Gasteiger partial charge in [-0.2, -0.15) is 0 Å². The number of carbonyl (C=O) groups excluding carboxylic acids is 1. The SMILES string of the molecule is COC(C)CCn1[nH]c(CN(C)C(=O)OC(C)(C)C)cc1=O. The number of aromatic nitrogens is 2. The van der Waals surface area contributed by atoms with Crippen LogP contribution in [0.15, 0.2) is 10.9 Å². The highest BCUT2D eigenvalue weighted by Crippen LogP contribution is 2.10. The summed E-state index contributed by atoms with van der Waals surface area (Å²) in [5.41, 5.74) is 0.0142. The molecule has 0 aromatic carbocycles. The number of H-pyrrole nitrogens is 1. The maximum absolute atomic E-state index is 11.9. The lowest BCUT2D eigenvalue weighted by Crippen LogP contribution is -2.33. The van der Waals surface area contributed by atoms with Crippen LogP contribution >= 0.6 is 0 Å². The van der Waals surface area contributed by atoms with E-state index in [2.05, 4.69) is 5.10 Å². The minimum Gasteiger partial charge on any atom is -0.444 e. The summed E-state index contributed by atoms with van der Waals surface area (Å²) in [6, 6.07) is 1.50. The zero-order valence-electron chi connectivity index (χ0n) is 14.3. The summed E-state index contributed by atoms with van der Waals surface area (Å²) in [5, 5.41) is 3.01. The van der Waals surface area contributed by atoms with Gasteiger partial charge in [-0.15, -0.1) is 0 Å². The van der Waals surface area contributed by atoms with Gasteiger partial charge in [0, 0.05) is 26.8 Å². The Morgan fingerprint density at radius 3 is 2.64 bits per heavy atom. The molecule has 1 amide bonds. The minimum atomic E-state index is -0.541. The molecule has 0 saturated carbocycles. The third kappa shape index (κ3) is 5.93. The van der Waals surface area contributed by atoms with Gasteiger partial charge in [-0.3, -0.25) is 14.6 Å². The maximum atomic E-state index is 11.9. The average Bonchev–Trinajstić information content (AvgIpc) is 2.74. The van der Waals surface area contributed by atoms with E-state index in [9.17, 15) is 9.59 Å². The third-order valence-corrected chi connectivity index (χ3v) is 3.12. The summed E-state index contributed by atoms with van der Waals surface area (Å²) in [4.78, 5) is 25.2. The number of hydrogen-bond donors (Lipinski definition) is 1. The highest BCUT2D eigenvalue weighted by Gasteiger charge is 2.20. The molecule has 0 fully saturated rings. The predicted octanol–water partition coefficient (Wildman–Crippen LogP) is 1.97. The van der Waals surface area contributed by atoms with Gasteiger partial charge in [0.1, 0.15) is 5.60 Å². The predicted molar refractivity (Wildman–Crippen MR) is 83.8 cm³/mol. The number of nitrogens with one attached hydrogen (secondary N) is 1. The van der Waals surface area contributed by atoms with Crippen molar-refractivity contribution in [3.05, 3.63) is 22.1 Å². The standard InChI is InChI=1S/C15H27N3O4/c1-11(21-6)7-8-18-13(19)9-12(16-18)10-17(5)14(20)22-15(2,3)4/h9,11,16H,7-8,10H2,1-6H3. The van der Waals surface area contributed by atoms with Crippen LogP contribution < -0.4 is 5.56 Å². The zero-order chi connectivity index (χ0) is 16.9. The first kappa shape index (κ1) is 18.3. The number of nitrogens with zero attached hydrogens (tertiary/aromatic N) is 2. The number of aryl methyl sites for hydroxylation is 1. The largest absolute Gasteiger partial charge is 0.444 e. The fraction of sp³-hybridized carbons (Fsp3) is 0.733. The average molecular weight is 313 g/mol. The first-order chi connectivity index (χ1) is 10.1. The second-order valence-corrected chi connectivity index (χ2v) is 6.44. The summed E-state index contributed by atoms with van der Waals surface area (Å²) >= 11 is 0. The Balaban J connectivity index is 2.63. The highest BCUT2D eigenvalue weighted by atomic mass is 16.6. The normalized spacial score (nSPS) is 13.0. The fourth-order valence-electron chi connectivity index (χ4n) is 1.82. The van der Waals surface area contributed by atoms with Crippen LogP contribution in [0.3, 0.4) is 0 Å². The Kier molecular flexibility index (Phi) is 6.22. The van der Waals surface area contributed by atoms with E-state index >= 15 is 0 Å². The molecule has 126 valence electrons. The maximum Gasteiger partial charge on any atom is 0.410 e. The summed E-state index contributed by atoms with van der Waals surface area (Å²) in [7, 11) is 3.28. The molecule has 1 aromatic heterocycles. The molecule has 1 N–H and O–H groups in total. The lowest BCUT2D eigenvalue weighted by atomic mass is 10.2. The van der Waals surface area contributed by atoms with Gasteiger partial charge in [-0.25, -0.2) is 4.79 Å². The van der Waals surface area contributed by atoms with Gasteiger partial charge in [0.15, 0.2) is 0 Å². The van der Waals surface area contributed by atoms with E-state index in [1.54, 1.807) is 14.2 Å². The first-order valence-electron chi connectivity index (χ1n) is 7.38. The van der Waals surface area contributed by atoms with Crippen molar-refractivity contribution in [2.24, 2.45) is 0 Å². The van der Waals surface area contributed by atoms with Crippen LogP contribution in [0.5, 0.6) is 0 Å². The topological polar surface area (TPSA) is 76.6 Å². The number of methoxy groups -OCH3 is 1. The van der Waals surface area contributed by atoms with Crippen LogP contribution in [0.4, 0.5) is 4.79 Å². The number of amides is 1. The first-order valence-corrected chi connectivity index (χ1v) is 7.38. The van der Waals surface area contributed by atoms with E-state index in [0.717, 1.165) is 6.42 Å². The molecule has 0 aliphatic heterocycles. The zero-order valence-corrected chi connectivity index (χ0v) is 14.3. The monoisotopic (exact) mass is 313 g/mol. The molecule has 1 unspecified atom stereocenters. The number of aromatic amines is 1. The van der Waals surface area contributed by atoms with Crippen LogP contribution in [0.2, 0.25) is 0 Å². The Bertz CT molecular complexity index is 542. The molecule has 7 heteroatoms. The third-order valence-electron chi connectivity index (χ3n) is 3.12. The quantitative estimate of drug-likeness (QED) is 0.871. The van der Waals surface area contributed by atoms with E-state index in [1.165, 1.54) is 15.6 Å². The van der Waals surface area contributed by atoms with Gasteiger partial charge in [0.05, 0.1) is 18.3 Å². The van der Waals surface area contributed by atoms with E-state index in [-0.39, 0.29) is 18.2 Å². The smallest absolute Gasteiger partial charge is 0.410 e. The van der Waals surface area contributed by atoms with Crippen LogP contribution in [0, 0.1) is 0 Å². The van der Waals surface area contributed by atoms with Crippen molar-refractivity contribution in [2.75, 3.05) is 14.2 Å². The Morgan fingerprint density at radius 1 is 1.45 bits per heavy atom. The molecule has 1 rings (SSSR count). The minimum absolute atomic E-state index is 0.0862. The molecule has 1 aromatic rings. The Labute approximate surface area is 131 Å². The lowest BCUT2D eigenvalue weighted by molar-refractivity contribution is 0.0283. The summed E-state index contributed by atoms with van der Waals surface area (Å²) in [6.45, 7) is 8.22. The van der Waals surface area contributed by atoms with Gasteiger partial charge in [0.25, 0.3) is 5.56 Å². The van der Waals surface area contributed by atoms with Crippen molar-refractivity contribution >= 4 is 6.09 Å². The van der Waals surface area contributed by atoms with Crippen LogP contribution in [-0.4, -0.2) is 46.6 Å². The van der Waals surface area contributed by atoms with Gasteiger partial charge >= 0.3 is 6.09 Å². The summed E-state index contributed by atoms with van der Waals surface area (Å²) < 4.78 is 12.0. The van der Waals surface area contributed by atoms with Gasteiger partial charge in [-0.05, 0) is 34.1 Å². The van der Waals surface area contributed by atoms with Crippen LogP contribution in [0.1, 0.15) is 39.8 Å². The van der Waals surface area contributed by atoms with Crippen molar-refractivity contribution in [3.63, 3.8) is 0 Å². The van der Waals surface area contributed by atoms with E-state index in [1.807, 2.05) is 27.7 Å². The number of rotatable bonds is 6. The molecule has 0 aliphatic carbocycles. The highest BCUT2D eigenvalue weighted by molar-refractivity contribution is 5.67. The van der Waals surface area contributed by atoms with Gasteiger partial charge < -0.3 is 14.4 Å². The van der Waals surface area contributed by atoms with Crippen molar-refractivity contribution in [1.82, 2.24) is 14.7 Å². The molecule has 0 spiro atoms. The molecule has 7 nitrogen and oxygen atoms in total. The molecule has 0 bridgehead atoms. The number of hydrogen-bond acceptors (Lipinski definition) is 4. The fourth-order valence-corrected chi connectivity index (χ4v) is 1.82. The van der Waals surface area contributed by atoms with Crippen molar-refractivity contribution < 1.29 is 14.3 Å². The van der Waals surface area contributed by atoms with E-state index in [4.69, 9.17) is 9.47 Å². The van der Waals surface area contributed by atoms with Crippen molar-refractivity contribution in [3.8, 4) is 0 Å². The van der Waals surface area contributed by atoms with Gasteiger partial charge in [0.2, 0.25) is 0 Å². The molecule has 1 atom stereocenters.